The highest BCUT2D eigenvalue weighted by atomic mass is 16.5. The van der Waals surface area contributed by atoms with Crippen LogP contribution in [-0.4, -0.2) is 22.7 Å². The number of esters is 1. The van der Waals surface area contributed by atoms with Crippen LogP contribution in [0.4, 0.5) is 0 Å². The Bertz CT molecular complexity index is 1170. The molecular formula is C24H16N2O4. The largest absolute Gasteiger partial charge is 0.457 e. The molecule has 1 aliphatic rings. The number of nitrogens with zero attached hydrogens (tertiary/aromatic N) is 2. The molecule has 30 heavy (non-hydrogen) atoms. The zero-order valence-corrected chi connectivity index (χ0v) is 15.9. The van der Waals surface area contributed by atoms with E-state index in [-0.39, 0.29) is 25.0 Å². The Morgan fingerprint density at radius 3 is 2.27 bits per heavy atom. The Balaban J connectivity index is 1.47. The highest BCUT2D eigenvalue weighted by Crippen LogP contribution is 2.24. The van der Waals surface area contributed by atoms with Crippen molar-refractivity contribution in [2.24, 2.45) is 0 Å². The SMILES string of the molecule is N#Cc1ccccc1COC(=O)c1cccc(CN2C(=O)c3ccccc3C2=O)c1. The summed E-state index contributed by atoms with van der Waals surface area (Å²) in [6, 6.07) is 22.3. The van der Waals surface area contributed by atoms with Gasteiger partial charge in [0.15, 0.2) is 0 Å². The normalized spacial score (nSPS) is 12.4. The highest BCUT2D eigenvalue weighted by molar-refractivity contribution is 6.21. The number of imide groups is 1. The number of rotatable bonds is 5. The molecule has 0 spiro atoms. The third-order valence-electron chi connectivity index (χ3n) is 4.88. The Morgan fingerprint density at radius 1 is 0.900 bits per heavy atom. The molecule has 0 unspecified atom stereocenters. The monoisotopic (exact) mass is 396 g/mol. The van der Waals surface area contributed by atoms with Crippen LogP contribution in [-0.2, 0) is 17.9 Å². The first-order chi connectivity index (χ1) is 14.6. The van der Waals surface area contributed by atoms with Crippen molar-refractivity contribution in [2.45, 2.75) is 13.2 Å². The average molecular weight is 396 g/mol. The van der Waals surface area contributed by atoms with Gasteiger partial charge in [0.1, 0.15) is 6.61 Å². The summed E-state index contributed by atoms with van der Waals surface area (Å²) in [5, 5.41) is 9.13. The Morgan fingerprint density at radius 2 is 1.57 bits per heavy atom. The van der Waals surface area contributed by atoms with E-state index in [1.807, 2.05) is 0 Å². The van der Waals surface area contributed by atoms with E-state index in [0.717, 1.165) is 4.90 Å². The van der Waals surface area contributed by atoms with Crippen LogP contribution in [0.3, 0.4) is 0 Å². The quantitative estimate of drug-likeness (QED) is 0.485. The van der Waals surface area contributed by atoms with Crippen molar-refractivity contribution in [1.29, 1.82) is 5.26 Å². The lowest BCUT2D eigenvalue weighted by atomic mass is 10.1. The maximum absolute atomic E-state index is 12.5. The van der Waals surface area contributed by atoms with Gasteiger partial charge in [0, 0.05) is 5.56 Å². The Labute approximate surface area is 172 Å². The minimum absolute atomic E-state index is 0.0226. The van der Waals surface area contributed by atoms with Crippen LogP contribution in [0.15, 0.2) is 72.8 Å². The summed E-state index contributed by atoms with van der Waals surface area (Å²) in [6.07, 6.45) is 0. The molecule has 1 aliphatic heterocycles. The van der Waals surface area contributed by atoms with Gasteiger partial charge < -0.3 is 4.74 Å². The van der Waals surface area contributed by atoms with Crippen molar-refractivity contribution in [2.75, 3.05) is 0 Å². The third kappa shape index (κ3) is 3.56. The fourth-order valence-electron chi connectivity index (χ4n) is 3.34. The van der Waals surface area contributed by atoms with Gasteiger partial charge in [-0.05, 0) is 35.9 Å². The number of nitriles is 1. The number of benzene rings is 3. The molecule has 0 aliphatic carbocycles. The maximum atomic E-state index is 12.5. The first kappa shape index (κ1) is 19.1. The van der Waals surface area contributed by atoms with E-state index in [0.29, 0.717) is 33.4 Å². The van der Waals surface area contributed by atoms with Gasteiger partial charge in [0.05, 0.1) is 34.9 Å². The summed E-state index contributed by atoms with van der Waals surface area (Å²) in [4.78, 5) is 38.7. The van der Waals surface area contributed by atoms with E-state index >= 15 is 0 Å². The summed E-state index contributed by atoms with van der Waals surface area (Å²) in [6.45, 7) is 0.0376. The summed E-state index contributed by atoms with van der Waals surface area (Å²) < 4.78 is 5.34. The molecule has 4 rings (SSSR count). The van der Waals surface area contributed by atoms with Crippen LogP contribution in [0.1, 0.15) is 47.8 Å². The average Bonchev–Trinajstić information content (AvgIpc) is 3.03. The number of amides is 2. The topological polar surface area (TPSA) is 87.5 Å². The Kier molecular flexibility index (Phi) is 5.10. The van der Waals surface area contributed by atoms with Crippen molar-refractivity contribution in [3.8, 4) is 6.07 Å². The zero-order valence-electron chi connectivity index (χ0n) is 15.9. The molecule has 2 amide bonds. The van der Waals surface area contributed by atoms with Crippen molar-refractivity contribution < 1.29 is 19.1 Å². The van der Waals surface area contributed by atoms with Crippen molar-refractivity contribution in [3.05, 3.63) is 106 Å². The van der Waals surface area contributed by atoms with E-state index in [1.54, 1.807) is 72.8 Å². The Hall–Kier alpha value is -4.24. The number of fused-ring (bicyclic) bond motifs is 1. The van der Waals surface area contributed by atoms with Gasteiger partial charge in [-0.1, -0.05) is 42.5 Å². The molecule has 3 aromatic rings. The molecule has 0 saturated heterocycles. The van der Waals surface area contributed by atoms with Crippen LogP contribution in [0, 0.1) is 11.3 Å². The summed E-state index contributed by atoms with van der Waals surface area (Å²) >= 11 is 0. The van der Waals surface area contributed by atoms with Crippen LogP contribution < -0.4 is 0 Å². The third-order valence-corrected chi connectivity index (χ3v) is 4.88. The highest BCUT2D eigenvalue weighted by Gasteiger charge is 2.35. The van der Waals surface area contributed by atoms with Gasteiger partial charge in [-0.25, -0.2) is 4.79 Å². The molecule has 6 nitrogen and oxygen atoms in total. The standard InChI is InChI=1S/C24H16N2O4/c25-13-18-7-1-2-8-19(18)15-30-24(29)17-9-5-6-16(12-17)14-26-22(27)20-10-3-4-11-21(20)23(26)28/h1-12H,14-15H2. The molecule has 0 saturated carbocycles. The maximum Gasteiger partial charge on any atom is 0.338 e. The molecule has 3 aromatic carbocycles. The first-order valence-corrected chi connectivity index (χ1v) is 9.28. The van der Waals surface area contributed by atoms with Gasteiger partial charge in [0.2, 0.25) is 0 Å². The summed E-state index contributed by atoms with van der Waals surface area (Å²) in [5.74, 6) is -1.25. The molecule has 0 aromatic heterocycles. The summed E-state index contributed by atoms with van der Waals surface area (Å²) in [7, 11) is 0. The van der Waals surface area contributed by atoms with Gasteiger partial charge in [-0.2, -0.15) is 5.26 Å². The van der Waals surface area contributed by atoms with Gasteiger partial charge in [0.25, 0.3) is 11.8 Å². The van der Waals surface area contributed by atoms with Gasteiger partial charge in [-0.15, -0.1) is 0 Å². The second kappa shape index (κ2) is 8.02. The number of carbonyl (C=O) groups excluding carboxylic acids is 3. The van der Waals surface area contributed by atoms with Crippen molar-refractivity contribution in [3.63, 3.8) is 0 Å². The molecule has 146 valence electrons. The van der Waals surface area contributed by atoms with Gasteiger partial charge in [-0.3, -0.25) is 14.5 Å². The lowest BCUT2D eigenvalue weighted by Crippen LogP contribution is -2.29. The molecule has 0 N–H and O–H groups in total. The molecule has 1 heterocycles. The second-order valence-corrected chi connectivity index (χ2v) is 6.79. The van der Waals surface area contributed by atoms with E-state index < -0.39 is 5.97 Å². The predicted octanol–water partition coefficient (Wildman–Crippen LogP) is 3.71. The second-order valence-electron chi connectivity index (χ2n) is 6.79. The van der Waals surface area contributed by atoms with Crippen molar-refractivity contribution >= 4 is 17.8 Å². The molecule has 6 heteroatoms. The number of hydrogen-bond acceptors (Lipinski definition) is 5. The van der Waals surface area contributed by atoms with Crippen LogP contribution in [0.2, 0.25) is 0 Å². The molecule has 0 bridgehead atoms. The fourth-order valence-corrected chi connectivity index (χ4v) is 3.34. The van der Waals surface area contributed by atoms with Crippen LogP contribution >= 0.6 is 0 Å². The number of hydrogen-bond donors (Lipinski definition) is 0. The van der Waals surface area contributed by atoms with E-state index in [1.165, 1.54) is 0 Å². The predicted molar refractivity (Wildman–Crippen MR) is 107 cm³/mol. The minimum atomic E-state index is -0.549. The smallest absolute Gasteiger partial charge is 0.338 e. The molecule has 0 radical (unpaired) electrons. The van der Waals surface area contributed by atoms with Crippen molar-refractivity contribution in [1.82, 2.24) is 4.90 Å². The zero-order chi connectivity index (χ0) is 21.1. The lowest BCUT2D eigenvalue weighted by molar-refractivity contribution is 0.0472. The molecule has 0 atom stereocenters. The number of carbonyl (C=O) groups is 3. The van der Waals surface area contributed by atoms with E-state index in [9.17, 15) is 14.4 Å². The minimum Gasteiger partial charge on any atom is -0.457 e. The fraction of sp³-hybridized carbons (Fsp3) is 0.0833. The van der Waals surface area contributed by atoms with Crippen LogP contribution in [0.25, 0.3) is 0 Å². The molecule has 0 fully saturated rings. The molecular weight excluding hydrogens is 380 g/mol. The van der Waals surface area contributed by atoms with E-state index in [4.69, 9.17) is 10.00 Å². The van der Waals surface area contributed by atoms with Gasteiger partial charge >= 0.3 is 5.97 Å². The summed E-state index contributed by atoms with van der Waals surface area (Å²) in [5.41, 5.74) is 2.78. The van der Waals surface area contributed by atoms with Crippen LogP contribution in [0.5, 0.6) is 0 Å². The first-order valence-electron chi connectivity index (χ1n) is 9.28. The number of ether oxygens (including phenoxy) is 1. The lowest BCUT2D eigenvalue weighted by Gasteiger charge is -2.14. The van der Waals surface area contributed by atoms with E-state index in [2.05, 4.69) is 6.07 Å².